The van der Waals surface area contributed by atoms with Gasteiger partial charge in [0.2, 0.25) is 0 Å². The second kappa shape index (κ2) is 7.11. The quantitative estimate of drug-likeness (QED) is 0.820. The van der Waals surface area contributed by atoms with Crippen molar-refractivity contribution in [1.82, 2.24) is 14.9 Å². The Labute approximate surface area is 151 Å². The van der Waals surface area contributed by atoms with E-state index < -0.39 is 0 Å². The van der Waals surface area contributed by atoms with Crippen LogP contribution in [0.15, 0.2) is 29.1 Å². The molecule has 0 bridgehead atoms. The molecule has 1 fully saturated rings. The molecule has 0 aliphatic carbocycles. The summed E-state index contributed by atoms with van der Waals surface area (Å²) < 4.78 is 5.82. The number of fused-ring (bicyclic) bond motifs is 1. The van der Waals surface area contributed by atoms with Gasteiger partial charge in [-0.2, -0.15) is 0 Å². The summed E-state index contributed by atoms with van der Waals surface area (Å²) in [6, 6.07) is 8.73. The molecule has 0 spiro atoms. The van der Waals surface area contributed by atoms with Gasteiger partial charge < -0.3 is 14.6 Å². The zero-order valence-corrected chi connectivity index (χ0v) is 14.9. The van der Waals surface area contributed by atoms with Gasteiger partial charge in [-0.1, -0.05) is 12.1 Å². The monoisotopic (exact) mass is 358 g/mol. The summed E-state index contributed by atoms with van der Waals surface area (Å²) in [5.41, 5.74) is 4.24. The average Bonchev–Trinajstić information content (AvgIpc) is 2.63. The molecular weight excluding hydrogens is 336 g/mol. The first-order chi connectivity index (χ1) is 12.2. The lowest BCUT2D eigenvalue weighted by Crippen LogP contribution is -2.36. The van der Waals surface area contributed by atoms with Gasteiger partial charge in [-0.25, -0.2) is 0 Å². The summed E-state index contributed by atoms with van der Waals surface area (Å²) in [6.07, 6.45) is 0.828. The van der Waals surface area contributed by atoms with Crippen LogP contribution < -0.4 is 10.5 Å². The zero-order chi connectivity index (χ0) is 17.2. The summed E-state index contributed by atoms with van der Waals surface area (Å²) in [4.78, 5) is 22.6. The number of benzene rings is 1. The normalized spacial score (nSPS) is 18.2. The van der Waals surface area contributed by atoms with E-state index in [4.69, 9.17) is 17.0 Å². The molecule has 2 aliphatic rings. The Morgan fingerprint density at radius 3 is 2.60 bits per heavy atom. The molecule has 1 saturated heterocycles. The first-order valence-corrected chi connectivity index (χ1v) is 9.08. The van der Waals surface area contributed by atoms with E-state index in [9.17, 15) is 4.79 Å². The Balaban J connectivity index is 1.44. The molecule has 2 N–H and O–H groups in total. The van der Waals surface area contributed by atoms with E-state index in [0.29, 0.717) is 11.3 Å². The lowest BCUT2D eigenvalue weighted by atomic mass is 10.1. The predicted octanol–water partition coefficient (Wildman–Crippen LogP) is 1.83. The number of ether oxygens (including phenoxy) is 1. The van der Waals surface area contributed by atoms with Gasteiger partial charge in [0.25, 0.3) is 5.56 Å². The van der Waals surface area contributed by atoms with Crippen LogP contribution in [-0.4, -0.2) is 47.7 Å². The second-order valence-electron chi connectivity index (χ2n) is 6.59. The fourth-order valence-corrected chi connectivity index (χ4v) is 3.76. The highest BCUT2D eigenvalue weighted by atomic mass is 32.1. The SMILES string of the molecule is O=c1[nH]c(=S)[nH]c2c1CN(Cc1ccc(N3CCOCC3)cc1)CC2. The highest BCUT2D eigenvalue weighted by Crippen LogP contribution is 2.20. The number of hydrogen-bond donors (Lipinski definition) is 2. The maximum absolute atomic E-state index is 12.1. The molecule has 1 aromatic carbocycles. The summed E-state index contributed by atoms with van der Waals surface area (Å²) in [5.74, 6) is 0. The summed E-state index contributed by atoms with van der Waals surface area (Å²) >= 11 is 5.05. The number of rotatable bonds is 3. The van der Waals surface area contributed by atoms with Crippen LogP contribution in [0.4, 0.5) is 5.69 Å². The molecule has 0 atom stereocenters. The fourth-order valence-electron chi connectivity index (χ4n) is 3.54. The van der Waals surface area contributed by atoms with Crippen molar-refractivity contribution in [3.63, 3.8) is 0 Å². The van der Waals surface area contributed by atoms with E-state index in [1.165, 1.54) is 11.3 Å². The van der Waals surface area contributed by atoms with Crippen LogP contribution in [0, 0.1) is 4.77 Å². The third kappa shape index (κ3) is 3.68. The van der Waals surface area contributed by atoms with E-state index in [1.54, 1.807) is 0 Å². The van der Waals surface area contributed by atoms with Crippen molar-refractivity contribution in [1.29, 1.82) is 0 Å². The van der Waals surface area contributed by atoms with Crippen molar-refractivity contribution in [2.45, 2.75) is 19.5 Å². The van der Waals surface area contributed by atoms with E-state index in [2.05, 4.69) is 44.0 Å². The van der Waals surface area contributed by atoms with Crippen LogP contribution in [0.3, 0.4) is 0 Å². The molecule has 2 aromatic rings. The minimum atomic E-state index is -0.0638. The van der Waals surface area contributed by atoms with Gasteiger partial charge in [0.15, 0.2) is 4.77 Å². The lowest BCUT2D eigenvalue weighted by molar-refractivity contribution is 0.122. The summed E-state index contributed by atoms with van der Waals surface area (Å²) in [5, 5.41) is 0. The molecular formula is C18H22N4O2S. The Morgan fingerprint density at radius 2 is 1.84 bits per heavy atom. The van der Waals surface area contributed by atoms with Gasteiger partial charge in [-0.15, -0.1) is 0 Å². The maximum Gasteiger partial charge on any atom is 0.256 e. The number of anilines is 1. The van der Waals surface area contributed by atoms with Gasteiger partial charge in [0.05, 0.1) is 18.8 Å². The van der Waals surface area contributed by atoms with Gasteiger partial charge >= 0.3 is 0 Å². The molecule has 4 rings (SSSR count). The molecule has 0 unspecified atom stereocenters. The number of aromatic nitrogens is 2. The van der Waals surface area contributed by atoms with E-state index in [0.717, 1.165) is 57.1 Å². The van der Waals surface area contributed by atoms with Gasteiger partial charge in [0.1, 0.15) is 0 Å². The third-order valence-corrected chi connectivity index (χ3v) is 5.11. The zero-order valence-electron chi connectivity index (χ0n) is 14.1. The molecule has 132 valence electrons. The molecule has 0 saturated carbocycles. The number of nitrogens with one attached hydrogen (secondary N) is 2. The van der Waals surface area contributed by atoms with Gasteiger partial charge in [-0.3, -0.25) is 14.7 Å². The number of nitrogens with zero attached hydrogens (tertiary/aromatic N) is 2. The Morgan fingerprint density at radius 1 is 1.08 bits per heavy atom. The van der Waals surface area contributed by atoms with Crippen molar-refractivity contribution in [3.05, 3.63) is 56.2 Å². The minimum absolute atomic E-state index is 0.0638. The van der Waals surface area contributed by atoms with Crippen LogP contribution in [0.25, 0.3) is 0 Å². The van der Waals surface area contributed by atoms with Crippen LogP contribution in [0.2, 0.25) is 0 Å². The smallest absolute Gasteiger partial charge is 0.256 e. The van der Waals surface area contributed by atoms with Crippen molar-refractivity contribution >= 4 is 17.9 Å². The van der Waals surface area contributed by atoms with Crippen LogP contribution >= 0.6 is 12.2 Å². The number of aromatic amines is 2. The van der Waals surface area contributed by atoms with E-state index in [-0.39, 0.29) is 5.56 Å². The summed E-state index contributed by atoms with van der Waals surface area (Å²) in [6.45, 7) is 5.92. The summed E-state index contributed by atoms with van der Waals surface area (Å²) in [7, 11) is 0. The molecule has 2 aliphatic heterocycles. The van der Waals surface area contributed by atoms with Gasteiger partial charge in [0, 0.05) is 50.5 Å². The molecule has 7 heteroatoms. The van der Waals surface area contributed by atoms with Gasteiger partial charge in [-0.05, 0) is 29.9 Å². The maximum atomic E-state index is 12.1. The van der Waals surface area contributed by atoms with Crippen molar-refractivity contribution in [2.75, 3.05) is 37.7 Å². The minimum Gasteiger partial charge on any atom is -0.378 e. The molecule has 1 aromatic heterocycles. The molecule has 0 radical (unpaired) electrons. The van der Waals surface area contributed by atoms with Crippen LogP contribution in [0.5, 0.6) is 0 Å². The number of morpholine rings is 1. The molecule has 3 heterocycles. The Kier molecular flexibility index (Phi) is 4.70. The van der Waals surface area contributed by atoms with E-state index >= 15 is 0 Å². The number of H-pyrrole nitrogens is 2. The topological polar surface area (TPSA) is 64.4 Å². The predicted molar refractivity (Wildman–Crippen MR) is 99.5 cm³/mol. The average molecular weight is 358 g/mol. The second-order valence-corrected chi connectivity index (χ2v) is 7.00. The Bertz CT molecular complexity index is 853. The van der Waals surface area contributed by atoms with Crippen molar-refractivity contribution in [2.24, 2.45) is 0 Å². The van der Waals surface area contributed by atoms with E-state index in [1.807, 2.05) is 0 Å². The van der Waals surface area contributed by atoms with Crippen molar-refractivity contribution in [3.8, 4) is 0 Å². The highest BCUT2D eigenvalue weighted by molar-refractivity contribution is 7.71. The fraction of sp³-hybridized carbons (Fsp3) is 0.444. The van der Waals surface area contributed by atoms with Crippen LogP contribution in [0.1, 0.15) is 16.8 Å². The molecule has 6 nitrogen and oxygen atoms in total. The highest BCUT2D eigenvalue weighted by Gasteiger charge is 2.20. The first kappa shape index (κ1) is 16.5. The first-order valence-electron chi connectivity index (χ1n) is 8.67. The lowest BCUT2D eigenvalue weighted by Gasteiger charge is -2.30. The largest absolute Gasteiger partial charge is 0.378 e. The molecule has 25 heavy (non-hydrogen) atoms. The van der Waals surface area contributed by atoms with Crippen LogP contribution in [-0.2, 0) is 24.2 Å². The Hall–Kier alpha value is -1.96. The number of hydrogen-bond acceptors (Lipinski definition) is 5. The third-order valence-electron chi connectivity index (χ3n) is 4.91. The standard InChI is InChI=1S/C18H22N4O2S/c23-17-15-12-21(6-5-16(15)19-18(25)20-17)11-13-1-3-14(4-2-13)22-7-9-24-10-8-22/h1-4H,5-12H2,(H2,19,20,23,25). The molecule has 0 amide bonds. The van der Waals surface area contributed by atoms with Crippen molar-refractivity contribution < 1.29 is 4.74 Å².